The van der Waals surface area contributed by atoms with Crippen molar-refractivity contribution in [3.63, 3.8) is 0 Å². The highest BCUT2D eigenvalue weighted by atomic mass is 17.3. The Morgan fingerprint density at radius 3 is 1.37 bits per heavy atom. The number of hydrogen-bond donors (Lipinski definition) is 1. The Labute approximate surface area is 348 Å². The first kappa shape index (κ1) is 43.7. The molecule has 10 aliphatic rings. The van der Waals surface area contributed by atoms with Gasteiger partial charge in [-0.15, -0.1) is 0 Å². The monoisotopic (exact) mass is 852 g/mol. The molecule has 10 rings (SSSR count). The molecule has 0 amide bonds. The second-order valence-corrected chi connectivity index (χ2v) is 18.9. The molecule has 4 bridgehead atoms. The van der Waals surface area contributed by atoms with Crippen LogP contribution in [0.25, 0.3) is 0 Å². The second kappa shape index (κ2) is 16.6. The van der Waals surface area contributed by atoms with Crippen LogP contribution >= 0.6 is 0 Å². The van der Waals surface area contributed by atoms with Crippen LogP contribution < -0.4 is 0 Å². The van der Waals surface area contributed by atoms with Crippen molar-refractivity contribution < 1.29 is 86.5 Å². The standard InChI is InChI=1S/C42H60O18/c1-21-7-9-28-23(3)35(53-37-41(28)26(21)15-17-39(5,55-37)57-59-41)51-32(45)13-11-30(43)49-19-25(34(47)48)20-50-31(44)12-14-33(46)52-36-24(4)29-10-8-22(2)27-16-18-40(6)56-38(54-36)42(27,29)60-58-40/h21-29,35-38H,7-20H2,1-6H3,(H,47,48)/t21-,22-,23-,24-,26+,27+,28+,29+,35-,36-,37-,38-,39+,40+,41-,42-/m1/s1. The van der Waals surface area contributed by atoms with Crippen molar-refractivity contribution >= 4 is 29.8 Å². The molecule has 0 radical (unpaired) electrons. The summed E-state index contributed by atoms with van der Waals surface area (Å²) in [6.07, 6.45) is 1.65. The summed E-state index contributed by atoms with van der Waals surface area (Å²) in [7, 11) is 0. The lowest BCUT2D eigenvalue weighted by atomic mass is 9.58. The van der Waals surface area contributed by atoms with Gasteiger partial charge in [-0.2, -0.15) is 0 Å². The highest BCUT2D eigenvalue weighted by Gasteiger charge is 2.71. The molecule has 10 fully saturated rings. The summed E-state index contributed by atoms with van der Waals surface area (Å²) >= 11 is 0. The molecule has 0 aromatic heterocycles. The van der Waals surface area contributed by atoms with Crippen LogP contribution in [-0.4, -0.2) is 96.1 Å². The molecule has 1 N–H and O–H groups in total. The maximum Gasteiger partial charge on any atom is 0.313 e. The molecule has 2 saturated carbocycles. The van der Waals surface area contributed by atoms with E-state index in [1.807, 2.05) is 13.8 Å². The van der Waals surface area contributed by atoms with Crippen LogP contribution in [0.15, 0.2) is 0 Å². The second-order valence-electron chi connectivity index (χ2n) is 18.9. The van der Waals surface area contributed by atoms with Crippen LogP contribution in [0.4, 0.5) is 0 Å². The van der Waals surface area contributed by atoms with Gasteiger partial charge in [0, 0.05) is 36.5 Å². The fourth-order valence-corrected chi connectivity index (χ4v) is 11.5. The number of esters is 4. The van der Waals surface area contributed by atoms with E-state index >= 15 is 0 Å². The summed E-state index contributed by atoms with van der Waals surface area (Å²) in [6.45, 7) is 10.7. The van der Waals surface area contributed by atoms with Gasteiger partial charge in [-0.05, 0) is 76.0 Å². The average molecular weight is 853 g/mol. The van der Waals surface area contributed by atoms with E-state index in [4.69, 9.17) is 57.4 Å². The van der Waals surface area contributed by atoms with Crippen LogP contribution in [0.2, 0.25) is 0 Å². The average Bonchev–Trinajstić information content (AvgIpc) is 3.58. The zero-order valence-electron chi connectivity index (χ0n) is 35.3. The molecule has 8 saturated heterocycles. The van der Waals surface area contributed by atoms with E-state index in [1.54, 1.807) is 13.8 Å². The minimum atomic E-state index is -1.39. The van der Waals surface area contributed by atoms with Crippen molar-refractivity contribution in [3.8, 4) is 0 Å². The summed E-state index contributed by atoms with van der Waals surface area (Å²) < 4.78 is 46.8. The maximum atomic E-state index is 12.9. The van der Waals surface area contributed by atoms with Gasteiger partial charge in [-0.3, -0.25) is 24.0 Å². The molecule has 2 spiro atoms. The Balaban J connectivity index is 0.756. The van der Waals surface area contributed by atoms with Crippen molar-refractivity contribution in [3.05, 3.63) is 0 Å². The first-order valence-electron chi connectivity index (χ1n) is 21.8. The van der Waals surface area contributed by atoms with E-state index in [1.165, 1.54) is 0 Å². The third-order valence-electron chi connectivity index (χ3n) is 15.0. The number of carbonyl (C=O) groups excluding carboxylic acids is 4. The van der Waals surface area contributed by atoms with Gasteiger partial charge in [0.15, 0.2) is 23.8 Å². The topological polar surface area (TPSA) is 216 Å². The molecule has 18 heteroatoms. The van der Waals surface area contributed by atoms with Crippen molar-refractivity contribution in [2.24, 2.45) is 53.3 Å². The molecule has 2 aliphatic carbocycles. The minimum Gasteiger partial charge on any atom is -0.481 e. The molecular formula is C42H60O18. The number of carboxylic acids is 1. The van der Waals surface area contributed by atoms with Gasteiger partial charge in [0.05, 0.1) is 25.7 Å². The van der Waals surface area contributed by atoms with Gasteiger partial charge in [0.25, 0.3) is 0 Å². The lowest BCUT2D eigenvalue weighted by Crippen LogP contribution is -2.70. The van der Waals surface area contributed by atoms with Crippen LogP contribution in [-0.2, 0) is 81.4 Å². The largest absolute Gasteiger partial charge is 0.481 e. The van der Waals surface area contributed by atoms with Crippen LogP contribution in [0, 0.1) is 53.3 Å². The summed E-state index contributed by atoms with van der Waals surface area (Å²) in [4.78, 5) is 86.8. The lowest BCUT2D eigenvalue weighted by Gasteiger charge is -2.59. The molecule has 60 heavy (non-hydrogen) atoms. The van der Waals surface area contributed by atoms with E-state index in [9.17, 15) is 29.1 Å². The van der Waals surface area contributed by atoms with E-state index < -0.39 is 96.9 Å². The van der Waals surface area contributed by atoms with Crippen LogP contribution in [0.1, 0.15) is 119 Å². The first-order chi connectivity index (χ1) is 28.5. The number of rotatable bonds is 13. The van der Waals surface area contributed by atoms with Crippen LogP contribution in [0.3, 0.4) is 0 Å². The number of fused-ring (bicyclic) bond motifs is 4. The smallest absolute Gasteiger partial charge is 0.313 e. The lowest BCUT2D eigenvalue weighted by molar-refractivity contribution is -0.576. The molecular weight excluding hydrogens is 792 g/mol. The van der Waals surface area contributed by atoms with E-state index in [-0.39, 0.29) is 61.2 Å². The Morgan fingerprint density at radius 2 is 0.967 bits per heavy atom. The number of ether oxygens (including phenoxy) is 8. The summed E-state index contributed by atoms with van der Waals surface area (Å²) in [5.74, 6) is -7.38. The van der Waals surface area contributed by atoms with Crippen molar-refractivity contribution in [2.45, 2.75) is 167 Å². The van der Waals surface area contributed by atoms with Crippen molar-refractivity contribution in [1.29, 1.82) is 0 Å². The predicted molar refractivity (Wildman–Crippen MR) is 197 cm³/mol. The predicted octanol–water partition coefficient (Wildman–Crippen LogP) is 4.84. The molecule has 0 aromatic carbocycles. The van der Waals surface area contributed by atoms with Gasteiger partial charge >= 0.3 is 29.8 Å². The third-order valence-corrected chi connectivity index (χ3v) is 15.0. The number of aliphatic carboxylic acids is 1. The van der Waals surface area contributed by atoms with Crippen molar-refractivity contribution in [1.82, 2.24) is 0 Å². The normalized spacial score (nSPS) is 45.4. The van der Waals surface area contributed by atoms with Gasteiger partial charge < -0.3 is 43.0 Å². The number of carboxylic acid groups (broad SMARTS) is 1. The summed E-state index contributed by atoms with van der Waals surface area (Å²) in [5.41, 5.74) is -1.63. The molecule has 8 aliphatic heterocycles. The number of hydrogen-bond acceptors (Lipinski definition) is 17. The van der Waals surface area contributed by atoms with Gasteiger partial charge in [0.2, 0.25) is 24.2 Å². The minimum absolute atomic E-state index is 0.0572. The highest BCUT2D eigenvalue weighted by Crippen LogP contribution is 2.62. The Kier molecular flexibility index (Phi) is 12.1. The first-order valence-corrected chi connectivity index (χ1v) is 21.8. The molecule has 0 aromatic rings. The van der Waals surface area contributed by atoms with Gasteiger partial charge in [-0.25, -0.2) is 19.6 Å². The van der Waals surface area contributed by atoms with E-state index in [2.05, 4.69) is 13.8 Å². The summed E-state index contributed by atoms with van der Waals surface area (Å²) in [6, 6.07) is 0. The molecule has 8 heterocycles. The van der Waals surface area contributed by atoms with Crippen LogP contribution in [0.5, 0.6) is 0 Å². The van der Waals surface area contributed by atoms with E-state index in [0.717, 1.165) is 38.5 Å². The fraction of sp³-hybridized carbons (Fsp3) is 0.881. The summed E-state index contributed by atoms with van der Waals surface area (Å²) in [5, 5.41) is 9.70. The molecule has 0 unspecified atom stereocenters. The Morgan fingerprint density at radius 1 is 0.567 bits per heavy atom. The quantitative estimate of drug-likeness (QED) is 0.149. The number of carbonyl (C=O) groups is 5. The molecule has 16 atom stereocenters. The van der Waals surface area contributed by atoms with Crippen molar-refractivity contribution in [2.75, 3.05) is 13.2 Å². The fourth-order valence-electron chi connectivity index (χ4n) is 11.5. The highest BCUT2D eigenvalue weighted by molar-refractivity contribution is 5.79. The zero-order chi connectivity index (χ0) is 42.8. The Bertz CT molecular complexity index is 1560. The van der Waals surface area contributed by atoms with Gasteiger partial charge in [-0.1, -0.05) is 27.7 Å². The van der Waals surface area contributed by atoms with Gasteiger partial charge in [0.1, 0.15) is 19.1 Å². The third kappa shape index (κ3) is 7.85. The van der Waals surface area contributed by atoms with E-state index in [0.29, 0.717) is 24.7 Å². The zero-order valence-corrected chi connectivity index (χ0v) is 35.3. The maximum absolute atomic E-state index is 12.9. The Hall–Kier alpha value is -2.97. The SMILES string of the molecule is C[C@H]1[C@H](OC(=O)CCC(=O)OCC(COC(=O)CCC(=O)O[C@@H]2O[C@@H]3O[C@]4(C)CC[C@H]5[C@H](C)CC[C@@H]([C@H]2C)[C@@]35OO4)C(=O)O)O[C@@H]2O[C@]3(C)CC[C@H]4[C@H](C)CC[C@@H]1[C@@]24OO3. The molecule has 336 valence electrons. The molecule has 18 nitrogen and oxygen atoms in total.